The van der Waals surface area contributed by atoms with Gasteiger partial charge in [-0.1, -0.05) is 16.3 Å². The van der Waals surface area contributed by atoms with Crippen molar-refractivity contribution in [2.75, 3.05) is 5.75 Å². The first kappa shape index (κ1) is 12.0. The summed E-state index contributed by atoms with van der Waals surface area (Å²) in [5, 5.41) is 17.3. The molecule has 0 fully saturated rings. The Kier molecular flexibility index (Phi) is 3.38. The minimum Gasteiger partial charge on any atom is -0.481 e. The van der Waals surface area contributed by atoms with Gasteiger partial charge in [0.05, 0.1) is 11.4 Å². The van der Waals surface area contributed by atoms with Crippen molar-refractivity contribution in [2.45, 2.75) is 12.1 Å². The van der Waals surface area contributed by atoms with Gasteiger partial charge in [-0.2, -0.15) is 4.98 Å². The van der Waals surface area contributed by atoms with Crippen LogP contribution in [0, 0.1) is 6.92 Å². The summed E-state index contributed by atoms with van der Waals surface area (Å²) in [5.41, 5.74) is 0.774. The number of aromatic nitrogens is 5. The van der Waals surface area contributed by atoms with Crippen LogP contribution in [-0.4, -0.2) is 41.2 Å². The third-order valence-electron chi connectivity index (χ3n) is 1.90. The number of aliphatic carboxylic acids is 1. The normalized spacial score (nSPS) is 10.7. The van der Waals surface area contributed by atoms with Gasteiger partial charge in [-0.25, -0.2) is 4.68 Å². The largest absolute Gasteiger partial charge is 0.481 e. The summed E-state index contributed by atoms with van der Waals surface area (Å²) < 4.78 is 5.37. The molecule has 0 aromatic carbocycles. The lowest BCUT2D eigenvalue weighted by molar-refractivity contribution is -0.133. The zero-order valence-electron chi connectivity index (χ0n) is 9.12. The monoisotopic (exact) mass is 271 g/mol. The van der Waals surface area contributed by atoms with E-state index in [2.05, 4.69) is 19.7 Å². The van der Waals surface area contributed by atoms with Crippen molar-refractivity contribution in [1.82, 2.24) is 24.4 Å². The second-order valence-electron chi connectivity index (χ2n) is 3.21. The van der Waals surface area contributed by atoms with Crippen LogP contribution in [0.3, 0.4) is 0 Å². The van der Waals surface area contributed by atoms with Crippen molar-refractivity contribution >= 4 is 29.3 Å². The Labute approximate surface area is 105 Å². The maximum atomic E-state index is 10.5. The van der Waals surface area contributed by atoms with E-state index in [4.69, 9.17) is 5.11 Å². The Morgan fingerprint density at radius 3 is 2.94 bits per heavy atom. The highest BCUT2D eigenvalue weighted by Crippen LogP contribution is 2.24. The number of nitrogens with zero attached hydrogens (tertiary/aromatic N) is 5. The maximum absolute atomic E-state index is 10.5. The Balaban J connectivity index is 2.24. The molecule has 0 aliphatic carbocycles. The third kappa shape index (κ3) is 2.61. The van der Waals surface area contributed by atoms with Crippen LogP contribution >= 0.6 is 23.3 Å². The van der Waals surface area contributed by atoms with Crippen molar-refractivity contribution in [2.24, 2.45) is 7.05 Å². The van der Waals surface area contributed by atoms with Crippen LogP contribution in [-0.2, 0) is 11.8 Å². The molecule has 0 saturated heterocycles. The number of hydrogen-bond donors (Lipinski definition) is 1. The number of hydrogen-bond acceptors (Lipinski definition) is 7. The molecule has 0 amide bonds. The molecule has 2 rings (SSSR count). The van der Waals surface area contributed by atoms with E-state index >= 15 is 0 Å². The molecule has 17 heavy (non-hydrogen) atoms. The molecule has 0 bridgehead atoms. The molecule has 2 aromatic heterocycles. The van der Waals surface area contributed by atoms with Gasteiger partial charge in [0.2, 0.25) is 0 Å². The number of carboxylic acids is 1. The summed E-state index contributed by atoms with van der Waals surface area (Å²) in [7, 11) is 1.73. The minimum absolute atomic E-state index is 0.0358. The third-order valence-corrected chi connectivity index (χ3v) is 3.73. The van der Waals surface area contributed by atoms with E-state index < -0.39 is 5.97 Å². The Morgan fingerprint density at radius 1 is 1.59 bits per heavy atom. The lowest BCUT2D eigenvalue weighted by Crippen LogP contribution is -2.00. The van der Waals surface area contributed by atoms with Gasteiger partial charge in [0, 0.05) is 7.05 Å². The first-order valence-corrected chi connectivity index (χ1v) is 6.39. The highest BCUT2D eigenvalue weighted by molar-refractivity contribution is 7.99. The Hall–Kier alpha value is -1.48. The molecule has 0 atom stereocenters. The van der Waals surface area contributed by atoms with Crippen LogP contribution in [0.15, 0.2) is 5.16 Å². The molecule has 0 saturated carbocycles. The van der Waals surface area contributed by atoms with E-state index in [9.17, 15) is 4.79 Å². The fraction of sp³-hybridized carbons (Fsp3) is 0.375. The number of carbonyl (C=O) groups is 1. The molecule has 0 aliphatic heterocycles. The van der Waals surface area contributed by atoms with E-state index in [1.165, 1.54) is 11.5 Å². The quantitative estimate of drug-likeness (QED) is 0.822. The predicted octanol–water partition coefficient (Wildman–Crippen LogP) is 0.819. The van der Waals surface area contributed by atoms with Crippen LogP contribution in [0.2, 0.25) is 0 Å². The molecule has 90 valence electrons. The van der Waals surface area contributed by atoms with Gasteiger partial charge in [0.25, 0.3) is 0 Å². The smallest absolute Gasteiger partial charge is 0.313 e. The first-order valence-electron chi connectivity index (χ1n) is 4.63. The summed E-state index contributed by atoms with van der Waals surface area (Å²) in [5.74, 6) is -0.380. The lowest BCUT2D eigenvalue weighted by atomic mass is 10.4. The summed E-state index contributed by atoms with van der Waals surface area (Å²) >= 11 is 2.36. The lowest BCUT2D eigenvalue weighted by Gasteiger charge is -1.94. The standard InChI is InChI=1S/C8H9N5O2S2/c1-4-6(17-12-10-4)7-9-8(13(2)11-7)16-3-5(14)15/h3H2,1-2H3,(H,14,15). The number of rotatable bonds is 4. The fourth-order valence-corrected chi connectivity index (χ4v) is 2.37. The van der Waals surface area contributed by atoms with Crippen molar-refractivity contribution in [3.8, 4) is 10.7 Å². The summed E-state index contributed by atoms with van der Waals surface area (Å²) in [4.78, 5) is 15.6. The molecule has 0 radical (unpaired) electrons. The minimum atomic E-state index is -0.879. The molecule has 0 aliphatic rings. The van der Waals surface area contributed by atoms with E-state index in [0.29, 0.717) is 11.0 Å². The molecule has 2 heterocycles. The van der Waals surface area contributed by atoms with Crippen molar-refractivity contribution < 1.29 is 9.90 Å². The maximum Gasteiger partial charge on any atom is 0.313 e. The number of aryl methyl sites for hydroxylation is 2. The van der Waals surface area contributed by atoms with Gasteiger partial charge in [0.15, 0.2) is 11.0 Å². The molecule has 9 heteroatoms. The molecular weight excluding hydrogens is 262 g/mol. The van der Waals surface area contributed by atoms with Gasteiger partial charge < -0.3 is 5.11 Å². The summed E-state index contributed by atoms with van der Waals surface area (Å²) in [6.45, 7) is 1.83. The van der Waals surface area contributed by atoms with Crippen LogP contribution < -0.4 is 0 Å². The van der Waals surface area contributed by atoms with Crippen LogP contribution in [0.25, 0.3) is 10.7 Å². The van der Waals surface area contributed by atoms with Gasteiger partial charge in [-0.05, 0) is 18.5 Å². The average molecular weight is 271 g/mol. The van der Waals surface area contributed by atoms with Crippen LogP contribution in [0.5, 0.6) is 0 Å². The van der Waals surface area contributed by atoms with E-state index in [-0.39, 0.29) is 5.75 Å². The Morgan fingerprint density at radius 2 is 2.35 bits per heavy atom. The van der Waals surface area contributed by atoms with Crippen molar-refractivity contribution in [3.63, 3.8) is 0 Å². The van der Waals surface area contributed by atoms with Crippen LogP contribution in [0.1, 0.15) is 5.69 Å². The van der Waals surface area contributed by atoms with Gasteiger partial charge in [0.1, 0.15) is 4.88 Å². The van der Waals surface area contributed by atoms with Gasteiger partial charge in [-0.3, -0.25) is 4.79 Å². The van der Waals surface area contributed by atoms with E-state index in [0.717, 1.165) is 22.3 Å². The van der Waals surface area contributed by atoms with Crippen LogP contribution in [0.4, 0.5) is 0 Å². The Bertz CT molecular complexity index is 550. The predicted molar refractivity (Wildman–Crippen MR) is 63.0 cm³/mol. The molecule has 1 N–H and O–H groups in total. The second-order valence-corrected chi connectivity index (χ2v) is 4.91. The summed E-state index contributed by atoms with van der Waals surface area (Å²) in [6.07, 6.45) is 0. The van der Waals surface area contributed by atoms with E-state index in [1.54, 1.807) is 11.7 Å². The summed E-state index contributed by atoms with van der Waals surface area (Å²) in [6, 6.07) is 0. The zero-order chi connectivity index (χ0) is 12.4. The average Bonchev–Trinajstić information content (AvgIpc) is 2.82. The first-order chi connectivity index (χ1) is 8.08. The highest BCUT2D eigenvalue weighted by atomic mass is 32.2. The topological polar surface area (TPSA) is 93.8 Å². The van der Waals surface area contributed by atoms with Crippen molar-refractivity contribution in [1.29, 1.82) is 0 Å². The second kappa shape index (κ2) is 4.80. The van der Waals surface area contributed by atoms with Crippen molar-refractivity contribution in [3.05, 3.63) is 5.69 Å². The molecule has 0 unspecified atom stereocenters. The number of carboxylic acid groups (broad SMARTS) is 1. The van der Waals surface area contributed by atoms with E-state index in [1.807, 2.05) is 6.92 Å². The molecule has 7 nitrogen and oxygen atoms in total. The SMILES string of the molecule is Cc1nnsc1-c1nc(SCC(=O)O)n(C)n1. The number of thioether (sulfide) groups is 1. The molecular formula is C8H9N5O2S2. The molecule has 0 spiro atoms. The fourth-order valence-electron chi connectivity index (χ4n) is 1.15. The highest BCUT2D eigenvalue weighted by Gasteiger charge is 2.15. The zero-order valence-corrected chi connectivity index (χ0v) is 10.7. The molecule has 2 aromatic rings. The van der Waals surface area contributed by atoms with Gasteiger partial charge in [-0.15, -0.1) is 10.2 Å². The van der Waals surface area contributed by atoms with Gasteiger partial charge >= 0.3 is 5.97 Å².